The standard InChI is InChI=1S/C32H33N5O3/c1-38-28-15-9-24(10-16-28)21-36(22-25-11-17-29(39-2)18-12-25)32-34-31(33-27-7-5-4-6-8-27)35-37(32)23-26-13-19-30(40-3)20-14-26/h4-20H,21-23H2,1-3H3,(H,33,35). The highest BCUT2D eigenvalue weighted by Gasteiger charge is 2.19. The van der Waals surface area contributed by atoms with E-state index in [0.717, 1.165) is 45.6 Å². The van der Waals surface area contributed by atoms with Gasteiger partial charge >= 0.3 is 0 Å². The van der Waals surface area contributed by atoms with Gasteiger partial charge in [0.15, 0.2) is 0 Å². The monoisotopic (exact) mass is 535 g/mol. The molecule has 8 nitrogen and oxygen atoms in total. The zero-order chi connectivity index (χ0) is 27.7. The summed E-state index contributed by atoms with van der Waals surface area (Å²) < 4.78 is 18.0. The van der Waals surface area contributed by atoms with Gasteiger partial charge in [0.05, 0.1) is 27.9 Å². The number of aromatic nitrogens is 3. The van der Waals surface area contributed by atoms with Crippen molar-refractivity contribution in [2.24, 2.45) is 0 Å². The van der Waals surface area contributed by atoms with E-state index >= 15 is 0 Å². The topological polar surface area (TPSA) is 73.7 Å². The van der Waals surface area contributed by atoms with Crippen molar-refractivity contribution in [2.45, 2.75) is 19.6 Å². The van der Waals surface area contributed by atoms with Gasteiger partial charge in [-0.15, -0.1) is 5.10 Å². The van der Waals surface area contributed by atoms with Crippen molar-refractivity contribution in [1.82, 2.24) is 14.8 Å². The second-order valence-electron chi connectivity index (χ2n) is 9.28. The molecule has 0 radical (unpaired) electrons. The smallest absolute Gasteiger partial charge is 0.248 e. The highest BCUT2D eigenvalue weighted by Crippen LogP contribution is 2.25. The van der Waals surface area contributed by atoms with Crippen molar-refractivity contribution in [1.29, 1.82) is 0 Å². The number of benzene rings is 4. The first kappa shape index (κ1) is 26.6. The maximum atomic E-state index is 5.37. The quantitative estimate of drug-likeness (QED) is 0.201. The molecule has 8 heteroatoms. The lowest BCUT2D eigenvalue weighted by molar-refractivity contribution is 0.414. The molecule has 40 heavy (non-hydrogen) atoms. The van der Waals surface area contributed by atoms with Crippen LogP contribution in [0.15, 0.2) is 103 Å². The first-order chi connectivity index (χ1) is 19.6. The summed E-state index contributed by atoms with van der Waals surface area (Å²) in [5, 5.41) is 8.24. The van der Waals surface area contributed by atoms with Gasteiger partial charge in [0.2, 0.25) is 11.9 Å². The third kappa shape index (κ3) is 6.71. The van der Waals surface area contributed by atoms with Crippen molar-refractivity contribution in [3.8, 4) is 17.2 Å². The fourth-order valence-corrected chi connectivity index (χ4v) is 4.38. The average molecular weight is 536 g/mol. The highest BCUT2D eigenvalue weighted by molar-refractivity contribution is 5.54. The molecule has 0 aliphatic heterocycles. The number of methoxy groups -OCH3 is 3. The Kier molecular flexibility index (Phi) is 8.46. The molecule has 1 N–H and O–H groups in total. The molecular formula is C32H33N5O3. The Bertz CT molecular complexity index is 1440. The minimum Gasteiger partial charge on any atom is -0.497 e. The first-order valence-corrected chi connectivity index (χ1v) is 13.0. The molecule has 4 aromatic carbocycles. The Morgan fingerprint density at radius 1 is 0.625 bits per heavy atom. The van der Waals surface area contributed by atoms with Crippen molar-refractivity contribution < 1.29 is 14.2 Å². The summed E-state index contributed by atoms with van der Waals surface area (Å²) in [7, 11) is 5.02. The molecule has 0 bridgehead atoms. The van der Waals surface area contributed by atoms with Gasteiger partial charge in [0, 0.05) is 18.8 Å². The molecule has 5 aromatic rings. The van der Waals surface area contributed by atoms with Crippen LogP contribution in [0.25, 0.3) is 0 Å². The maximum Gasteiger partial charge on any atom is 0.248 e. The predicted molar refractivity (Wildman–Crippen MR) is 158 cm³/mol. The van der Waals surface area contributed by atoms with Crippen LogP contribution in [0, 0.1) is 0 Å². The van der Waals surface area contributed by atoms with E-state index in [2.05, 4.69) is 34.5 Å². The number of para-hydroxylation sites is 1. The molecule has 0 aliphatic rings. The first-order valence-electron chi connectivity index (χ1n) is 13.0. The Hall–Kier alpha value is -4.98. The second-order valence-corrected chi connectivity index (χ2v) is 9.28. The number of nitrogens with zero attached hydrogens (tertiary/aromatic N) is 4. The van der Waals surface area contributed by atoms with Gasteiger partial charge in [-0.3, -0.25) is 0 Å². The summed E-state index contributed by atoms with van der Waals surface area (Å²) in [6.45, 7) is 1.80. The molecule has 0 fully saturated rings. The normalized spacial score (nSPS) is 10.7. The van der Waals surface area contributed by atoms with Gasteiger partial charge in [-0.05, 0) is 65.2 Å². The molecule has 5 rings (SSSR count). The van der Waals surface area contributed by atoms with Crippen molar-refractivity contribution in [2.75, 3.05) is 31.5 Å². The summed E-state index contributed by atoms with van der Waals surface area (Å²) in [4.78, 5) is 7.22. The zero-order valence-corrected chi connectivity index (χ0v) is 22.9. The van der Waals surface area contributed by atoms with E-state index in [1.54, 1.807) is 21.3 Å². The van der Waals surface area contributed by atoms with Crippen LogP contribution >= 0.6 is 0 Å². The van der Waals surface area contributed by atoms with Gasteiger partial charge in [-0.25, -0.2) is 4.68 Å². The maximum absolute atomic E-state index is 5.37. The molecule has 0 saturated heterocycles. The van der Waals surface area contributed by atoms with E-state index in [0.29, 0.717) is 25.6 Å². The molecule has 0 spiro atoms. The van der Waals surface area contributed by atoms with E-state index in [1.807, 2.05) is 83.5 Å². The summed E-state index contributed by atoms with van der Waals surface area (Å²) >= 11 is 0. The van der Waals surface area contributed by atoms with E-state index in [1.165, 1.54) is 0 Å². The number of hydrogen-bond donors (Lipinski definition) is 1. The zero-order valence-electron chi connectivity index (χ0n) is 22.9. The Morgan fingerprint density at radius 2 is 1.10 bits per heavy atom. The second kappa shape index (κ2) is 12.7. The number of hydrogen-bond acceptors (Lipinski definition) is 7. The van der Waals surface area contributed by atoms with Crippen molar-refractivity contribution in [3.05, 3.63) is 120 Å². The number of ether oxygens (including phenoxy) is 3. The SMILES string of the molecule is COc1ccc(CN(Cc2ccc(OC)cc2)c2nc(Nc3ccccc3)nn2Cc2ccc(OC)cc2)cc1. The molecule has 0 saturated carbocycles. The average Bonchev–Trinajstić information content (AvgIpc) is 3.40. The summed E-state index contributed by atoms with van der Waals surface area (Å²) in [5.74, 6) is 3.74. The Morgan fingerprint density at radius 3 is 1.57 bits per heavy atom. The van der Waals surface area contributed by atoms with E-state index in [9.17, 15) is 0 Å². The number of rotatable bonds is 12. The molecule has 0 aliphatic carbocycles. The van der Waals surface area contributed by atoms with Gasteiger partial charge in [0.25, 0.3) is 0 Å². The Balaban J connectivity index is 1.52. The molecule has 0 unspecified atom stereocenters. The van der Waals surface area contributed by atoms with E-state index in [4.69, 9.17) is 24.3 Å². The third-order valence-corrected chi connectivity index (χ3v) is 6.52. The molecular weight excluding hydrogens is 502 g/mol. The van der Waals surface area contributed by atoms with Crippen LogP contribution in [0.2, 0.25) is 0 Å². The highest BCUT2D eigenvalue weighted by atomic mass is 16.5. The van der Waals surface area contributed by atoms with Crippen molar-refractivity contribution in [3.63, 3.8) is 0 Å². The molecule has 204 valence electrons. The molecule has 0 atom stereocenters. The van der Waals surface area contributed by atoms with Gasteiger partial charge in [0.1, 0.15) is 17.2 Å². The lowest BCUT2D eigenvalue weighted by Gasteiger charge is -2.24. The fourth-order valence-electron chi connectivity index (χ4n) is 4.38. The lowest BCUT2D eigenvalue weighted by atomic mass is 10.1. The van der Waals surface area contributed by atoms with Crippen LogP contribution in [-0.2, 0) is 19.6 Å². The van der Waals surface area contributed by atoms with Crippen LogP contribution in [0.4, 0.5) is 17.6 Å². The Labute approximate surface area is 234 Å². The minimum atomic E-state index is 0.532. The van der Waals surface area contributed by atoms with Crippen molar-refractivity contribution >= 4 is 17.6 Å². The van der Waals surface area contributed by atoms with Gasteiger partial charge < -0.3 is 24.4 Å². The van der Waals surface area contributed by atoms with Gasteiger partial charge in [-0.1, -0.05) is 54.6 Å². The molecule has 0 amide bonds. The van der Waals surface area contributed by atoms with E-state index in [-0.39, 0.29) is 0 Å². The van der Waals surface area contributed by atoms with E-state index < -0.39 is 0 Å². The van der Waals surface area contributed by atoms with Gasteiger partial charge in [-0.2, -0.15) is 4.98 Å². The largest absolute Gasteiger partial charge is 0.497 e. The minimum absolute atomic E-state index is 0.532. The van der Waals surface area contributed by atoms with Crippen LogP contribution in [0.1, 0.15) is 16.7 Å². The number of nitrogens with one attached hydrogen (secondary N) is 1. The molecule has 1 heterocycles. The third-order valence-electron chi connectivity index (χ3n) is 6.52. The lowest BCUT2D eigenvalue weighted by Crippen LogP contribution is -2.26. The summed E-state index contributed by atoms with van der Waals surface area (Å²) in [5.41, 5.74) is 4.27. The van der Waals surface area contributed by atoms with Crippen LogP contribution in [0.5, 0.6) is 17.2 Å². The predicted octanol–water partition coefficient (Wildman–Crippen LogP) is 6.30. The summed E-state index contributed by atoms with van der Waals surface area (Å²) in [6.07, 6.45) is 0. The van der Waals surface area contributed by atoms with Crippen LogP contribution in [-0.4, -0.2) is 36.1 Å². The fraction of sp³-hybridized carbons (Fsp3) is 0.188. The summed E-state index contributed by atoms with van der Waals surface area (Å²) in [6, 6.07) is 34.2. The van der Waals surface area contributed by atoms with Crippen LogP contribution in [0.3, 0.4) is 0 Å². The molecule has 1 aromatic heterocycles. The number of anilines is 3. The van der Waals surface area contributed by atoms with Crippen LogP contribution < -0.4 is 24.4 Å².